The maximum atomic E-state index is 13.3. The predicted molar refractivity (Wildman–Crippen MR) is 69.8 cm³/mol. The fourth-order valence-electron chi connectivity index (χ4n) is 2.39. The number of nitrogens with one attached hydrogen (secondary N) is 1. The Hall–Kier alpha value is -1.60. The van der Waals surface area contributed by atoms with Gasteiger partial charge in [0, 0.05) is 30.9 Å². The topological polar surface area (TPSA) is 39.1 Å². The van der Waals surface area contributed by atoms with Gasteiger partial charge >= 0.3 is 0 Å². The summed E-state index contributed by atoms with van der Waals surface area (Å²) in [5, 5.41) is 12.3. The molecule has 0 aliphatic carbocycles. The summed E-state index contributed by atoms with van der Waals surface area (Å²) in [6.07, 6.45) is 1.48. The van der Waals surface area contributed by atoms with E-state index in [9.17, 15) is 4.39 Å². The molecule has 1 aliphatic rings. The standard InChI is InChI=1S/C14H18FN3/c1-11-6-8-18(10-13(17-11)5-7-16)14-4-2-3-12(15)9-14/h2-4,9,11,13,17H,5-6,8,10H2,1H3. The molecule has 1 aromatic rings. The molecule has 1 heterocycles. The Kier molecular flexibility index (Phi) is 4.16. The zero-order valence-corrected chi connectivity index (χ0v) is 10.6. The van der Waals surface area contributed by atoms with Gasteiger partial charge in [0.15, 0.2) is 0 Å². The first-order valence-corrected chi connectivity index (χ1v) is 6.32. The van der Waals surface area contributed by atoms with Crippen molar-refractivity contribution in [1.82, 2.24) is 5.32 Å². The van der Waals surface area contributed by atoms with Gasteiger partial charge in [-0.05, 0) is 31.5 Å². The van der Waals surface area contributed by atoms with Crippen molar-refractivity contribution >= 4 is 5.69 Å². The Labute approximate surface area is 107 Å². The molecule has 0 amide bonds. The third-order valence-corrected chi connectivity index (χ3v) is 3.30. The van der Waals surface area contributed by atoms with E-state index in [4.69, 9.17) is 5.26 Å². The van der Waals surface area contributed by atoms with Crippen LogP contribution in [0.25, 0.3) is 0 Å². The minimum Gasteiger partial charge on any atom is -0.370 e. The van der Waals surface area contributed by atoms with E-state index in [0.29, 0.717) is 12.5 Å². The molecule has 0 saturated carbocycles. The smallest absolute Gasteiger partial charge is 0.125 e. The normalized spacial score (nSPS) is 24.4. The first kappa shape index (κ1) is 12.8. The van der Waals surface area contributed by atoms with E-state index < -0.39 is 0 Å². The van der Waals surface area contributed by atoms with Crippen LogP contribution in [0.2, 0.25) is 0 Å². The molecule has 1 fully saturated rings. The molecule has 0 spiro atoms. The lowest BCUT2D eigenvalue weighted by Gasteiger charge is -2.25. The maximum absolute atomic E-state index is 13.3. The number of anilines is 1. The minimum atomic E-state index is -0.213. The van der Waals surface area contributed by atoms with Gasteiger partial charge in [0.2, 0.25) is 0 Å². The summed E-state index contributed by atoms with van der Waals surface area (Å²) in [6.45, 7) is 3.76. The van der Waals surface area contributed by atoms with Crippen LogP contribution in [0.5, 0.6) is 0 Å². The number of benzene rings is 1. The lowest BCUT2D eigenvalue weighted by Crippen LogP contribution is -2.39. The first-order valence-electron chi connectivity index (χ1n) is 6.32. The molecular weight excluding hydrogens is 229 g/mol. The monoisotopic (exact) mass is 247 g/mol. The zero-order valence-electron chi connectivity index (χ0n) is 10.6. The molecule has 0 aromatic heterocycles. The van der Waals surface area contributed by atoms with Crippen molar-refractivity contribution < 1.29 is 4.39 Å². The lowest BCUT2D eigenvalue weighted by atomic mass is 10.2. The van der Waals surface area contributed by atoms with E-state index in [-0.39, 0.29) is 11.9 Å². The Morgan fingerprint density at radius 2 is 2.39 bits per heavy atom. The van der Waals surface area contributed by atoms with Gasteiger partial charge in [-0.3, -0.25) is 0 Å². The Bertz CT molecular complexity index is 441. The molecule has 96 valence electrons. The van der Waals surface area contributed by atoms with Crippen molar-refractivity contribution in [2.75, 3.05) is 18.0 Å². The minimum absolute atomic E-state index is 0.149. The van der Waals surface area contributed by atoms with Gasteiger partial charge in [-0.15, -0.1) is 0 Å². The molecule has 1 saturated heterocycles. The van der Waals surface area contributed by atoms with Gasteiger partial charge < -0.3 is 10.2 Å². The summed E-state index contributed by atoms with van der Waals surface area (Å²) in [6, 6.07) is 9.40. The van der Waals surface area contributed by atoms with Crippen molar-refractivity contribution in [1.29, 1.82) is 5.26 Å². The van der Waals surface area contributed by atoms with Crippen LogP contribution in [0.15, 0.2) is 24.3 Å². The lowest BCUT2D eigenvalue weighted by molar-refractivity contribution is 0.473. The van der Waals surface area contributed by atoms with Crippen LogP contribution in [-0.4, -0.2) is 25.2 Å². The summed E-state index contributed by atoms with van der Waals surface area (Å²) in [5.74, 6) is -0.213. The van der Waals surface area contributed by atoms with Gasteiger partial charge in [-0.1, -0.05) is 6.07 Å². The predicted octanol–water partition coefficient (Wildman–Crippen LogP) is 2.30. The van der Waals surface area contributed by atoms with Crippen LogP contribution in [0.3, 0.4) is 0 Å². The number of nitriles is 1. The van der Waals surface area contributed by atoms with E-state index >= 15 is 0 Å². The van der Waals surface area contributed by atoms with Crippen LogP contribution in [0, 0.1) is 17.1 Å². The second-order valence-corrected chi connectivity index (χ2v) is 4.84. The largest absolute Gasteiger partial charge is 0.370 e. The van der Waals surface area contributed by atoms with E-state index in [1.807, 2.05) is 6.07 Å². The SMILES string of the molecule is CC1CCN(c2cccc(F)c2)CC(CC#N)N1. The van der Waals surface area contributed by atoms with E-state index in [0.717, 1.165) is 25.2 Å². The van der Waals surface area contributed by atoms with Crippen LogP contribution >= 0.6 is 0 Å². The highest BCUT2D eigenvalue weighted by Crippen LogP contribution is 2.19. The van der Waals surface area contributed by atoms with Gasteiger partial charge in [0.1, 0.15) is 5.82 Å². The number of hydrogen-bond donors (Lipinski definition) is 1. The average Bonchev–Trinajstić information content (AvgIpc) is 2.52. The van der Waals surface area contributed by atoms with Crippen LogP contribution in [0.4, 0.5) is 10.1 Å². The third kappa shape index (κ3) is 3.21. The Morgan fingerprint density at radius 1 is 1.56 bits per heavy atom. The molecule has 1 aliphatic heterocycles. The second-order valence-electron chi connectivity index (χ2n) is 4.84. The summed E-state index contributed by atoms with van der Waals surface area (Å²) in [5.41, 5.74) is 0.897. The quantitative estimate of drug-likeness (QED) is 0.871. The Morgan fingerprint density at radius 3 is 3.11 bits per heavy atom. The Balaban J connectivity index is 2.14. The van der Waals surface area contributed by atoms with E-state index in [2.05, 4.69) is 23.2 Å². The van der Waals surface area contributed by atoms with Crippen LogP contribution in [-0.2, 0) is 0 Å². The summed E-state index contributed by atoms with van der Waals surface area (Å²) < 4.78 is 13.3. The molecule has 0 bridgehead atoms. The molecule has 18 heavy (non-hydrogen) atoms. The van der Waals surface area contributed by atoms with Gasteiger partial charge in [-0.2, -0.15) is 5.26 Å². The number of hydrogen-bond acceptors (Lipinski definition) is 3. The van der Waals surface area contributed by atoms with Crippen LogP contribution < -0.4 is 10.2 Å². The highest BCUT2D eigenvalue weighted by Gasteiger charge is 2.21. The van der Waals surface area contributed by atoms with Gasteiger partial charge in [-0.25, -0.2) is 4.39 Å². The molecular formula is C14H18FN3. The molecule has 0 radical (unpaired) electrons. The summed E-state index contributed by atoms with van der Waals surface area (Å²) >= 11 is 0. The van der Waals surface area contributed by atoms with E-state index in [1.54, 1.807) is 12.1 Å². The van der Waals surface area contributed by atoms with Crippen molar-refractivity contribution in [3.63, 3.8) is 0 Å². The molecule has 2 atom stereocenters. The van der Waals surface area contributed by atoms with Crippen molar-refractivity contribution in [2.45, 2.75) is 31.8 Å². The molecule has 3 nitrogen and oxygen atoms in total. The summed E-state index contributed by atoms with van der Waals surface area (Å²) in [7, 11) is 0. The number of nitrogens with zero attached hydrogens (tertiary/aromatic N) is 2. The average molecular weight is 247 g/mol. The molecule has 2 rings (SSSR count). The van der Waals surface area contributed by atoms with Crippen molar-refractivity contribution in [3.8, 4) is 6.07 Å². The fraction of sp³-hybridized carbons (Fsp3) is 0.500. The molecule has 1 aromatic carbocycles. The third-order valence-electron chi connectivity index (χ3n) is 3.30. The maximum Gasteiger partial charge on any atom is 0.125 e. The zero-order chi connectivity index (χ0) is 13.0. The molecule has 2 unspecified atom stereocenters. The van der Waals surface area contributed by atoms with E-state index in [1.165, 1.54) is 6.07 Å². The molecule has 1 N–H and O–H groups in total. The highest BCUT2D eigenvalue weighted by atomic mass is 19.1. The first-order chi connectivity index (χ1) is 8.69. The van der Waals surface area contributed by atoms with Gasteiger partial charge in [0.05, 0.1) is 12.5 Å². The van der Waals surface area contributed by atoms with Gasteiger partial charge in [0.25, 0.3) is 0 Å². The number of halogens is 1. The summed E-state index contributed by atoms with van der Waals surface area (Å²) in [4.78, 5) is 2.15. The van der Waals surface area contributed by atoms with Crippen molar-refractivity contribution in [2.24, 2.45) is 0 Å². The van der Waals surface area contributed by atoms with Crippen LogP contribution in [0.1, 0.15) is 19.8 Å². The molecule has 4 heteroatoms. The number of rotatable bonds is 2. The fourth-order valence-corrected chi connectivity index (χ4v) is 2.39. The van der Waals surface area contributed by atoms with Crippen molar-refractivity contribution in [3.05, 3.63) is 30.1 Å². The second kappa shape index (κ2) is 5.83. The highest BCUT2D eigenvalue weighted by molar-refractivity contribution is 5.46.